The molecule has 0 bridgehead atoms. The molecule has 1 aromatic heterocycles. The second-order valence-corrected chi connectivity index (χ2v) is 6.53. The van der Waals surface area contributed by atoms with E-state index in [2.05, 4.69) is 4.98 Å². The number of nitrogens with zero attached hydrogens (tertiary/aromatic N) is 2. The van der Waals surface area contributed by atoms with Gasteiger partial charge in [-0.25, -0.2) is 4.79 Å². The first-order chi connectivity index (χ1) is 12.5. The number of hydrogen-bond donors (Lipinski definition) is 1. The number of carbonyl (C=O) groups excluding carboxylic acids is 2. The van der Waals surface area contributed by atoms with Gasteiger partial charge in [-0.1, -0.05) is 29.8 Å². The third kappa shape index (κ3) is 3.79. The van der Waals surface area contributed by atoms with E-state index in [9.17, 15) is 14.4 Å². The quantitative estimate of drug-likeness (QED) is 0.855. The van der Waals surface area contributed by atoms with Crippen LogP contribution in [-0.4, -0.2) is 45.7 Å². The van der Waals surface area contributed by atoms with E-state index >= 15 is 0 Å². The average molecular weight is 352 g/mol. The number of hydrogen-bond acceptors (Lipinski definition) is 4. The van der Waals surface area contributed by atoms with Crippen molar-refractivity contribution in [2.24, 2.45) is 5.92 Å². The molecule has 0 atom stereocenters. The van der Waals surface area contributed by atoms with Crippen LogP contribution in [0.1, 0.15) is 49.6 Å². The predicted molar refractivity (Wildman–Crippen MR) is 95.3 cm³/mol. The molecule has 0 unspecified atom stereocenters. The SMILES string of the molecule is Cc1ccc(C(=O)C2CCN(C(=O)c3ccc(C(=O)O)cn3)CC2)cc1. The maximum absolute atomic E-state index is 12.6. The lowest BCUT2D eigenvalue weighted by atomic mass is 9.88. The molecule has 1 fully saturated rings. The molecular weight excluding hydrogens is 332 g/mol. The van der Waals surface area contributed by atoms with Gasteiger partial charge in [0.2, 0.25) is 0 Å². The lowest BCUT2D eigenvalue weighted by molar-refractivity contribution is 0.0644. The van der Waals surface area contributed by atoms with Gasteiger partial charge >= 0.3 is 5.97 Å². The molecule has 0 radical (unpaired) electrons. The lowest BCUT2D eigenvalue weighted by Crippen LogP contribution is -2.40. The summed E-state index contributed by atoms with van der Waals surface area (Å²) >= 11 is 0. The third-order valence-electron chi connectivity index (χ3n) is 4.72. The van der Waals surface area contributed by atoms with Crippen molar-refractivity contribution in [3.8, 4) is 0 Å². The molecule has 1 aromatic carbocycles. The summed E-state index contributed by atoms with van der Waals surface area (Å²) in [6, 6.07) is 10.4. The number of carbonyl (C=O) groups is 3. The zero-order chi connectivity index (χ0) is 18.7. The highest BCUT2D eigenvalue weighted by atomic mass is 16.4. The highest BCUT2D eigenvalue weighted by Gasteiger charge is 2.28. The van der Waals surface area contributed by atoms with E-state index in [0.29, 0.717) is 31.5 Å². The summed E-state index contributed by atoms with van der Waals surface area (Å²) in [4.78, 5) is 41.5. The first kappa shape index (κ1) is 17.8. The molecule has 134 valence electrons. The number of aromatic carboxylic acids is 1. The van der Waals surface area contributed by atoms with Crippen molar-refractivity contribution >= 4 is 17.7 Å². The van der Waals surface area contributed by atoms with Gasteiger partial charge in [-0.3, -0.25) is 14.6 Å². The second-order valence-electron chi connectivity index (χ2n) is 6.53. The van der Waals surface area contributed by atoms with Crippen LogP contribution in [0, 0.1) is 12.8 Å². The second kappa shape index (κ2) is 7.47. The molecule has 0 aliphatic carbocycles. The van der Waals surface area contributed by atoms with Gasteiger partial charge < -0.3 is 10.0 Å². The van der Waals surface area contributed by atoms with Gasteiger partial charge in [-0.05, 0) is 31.9 Å². The van der Waals surface area contributed by atoms with Crippen molar-refractivity contribution in [2.75, 3.05) is 13.1 Å². The predicted octanol–water partition coefficient (Wildman–Crippen LogP) is 2.82. The van der Waals surface area contributed by atoms with Gasteiger partial charge in [0.05, 0.1) is 5.56 Å². The molecule has 0 spiro atoms. The van der Waals surface area contributed by atoms with Crippen LogP contribution in [0.15, 0.2) is 42.6 Å². The number of rotatable bonds is 4. The lowest BCUT2D eigenvalue weighted by Gasteiger charge is -2.31. The molecule has 1 amide bonds. The summed E-state index contributed by atoms with van der Waals surface area (Å²) < 4.78 is 0. The first-order valence-corrected chi connectivity index (χ1v) is 8.55. The van der Waals surface area contributed by atoms with Gasteiger partial charge in [-0.15, -0.1) is 0 Å². The topological polar surface area (TPSA) is 87.6 Å². The van der Waals surface area contributed by atoms with Gasteiger partial charge in [0, 0.05) is 30.8 Å². The van der Waals surface area contributed by atoms with Crippen LogP contribution in [0.3, 0.4) is 0 Å². The van der Waals surface area contributed by atoms with Crippen molar-refractivity contribution in [1.82, 2.24) is 9.88 Å². The standard InChI is InChI=1S/C20H20N2O4/c1-13-2-4-14(5-3-13)18(23)15-8-10-22(11-9-15)19(24)17-7-6-16(12-21-17)20(25)26/h2-7,12,15H,8-11H2,1H3,(H,25,26). The van der Waals surface area contributed by atoms with Crippen LogP contribution in [-0.2, 0) is 0 Å². The summed E-state index contributed by atoms with van der Waals surface area (Å²) in [5, 5.41) is 8.89. The molecule has 6 nitrogen and oxygen atoms in total. The highest BCUT2D eigenvalue weighted by Crippen LogP contribution is 2.23. The Kier molecular flexibility index (Phi) is 5.11. The maximum atomic E-state index is 12.6. The summed E-state index contributed by atoms with van der Waals surface area (Å²) in [5.74, 6) is -1.26. The van der Waals surface area contributed by atoms with E-state index in [4.69, 9.17) is 5.11 Å². The highest BCUT2D eigenvalue weighted by molar-refractivity contribution is 5.98. The monoisotopic (exact) mass is 352 g/mol. The van der Waals surface area contributed by atoms with Crippen molar-refractivity contribution in [2.45, 2.75) is 19.8 Å². The van der Waals surface area contributed by atoms with E-state index in [1.807, 2.05) is 31.2 Å². The van der Waals surface area contributed by atoms with Crippen molar-refractivity contribution < 1.29 is 19.5 Å². The van der Waals surface area contributed by atoms with Crippen molar-refractivity contribution in [1.29, 1.82) is 0 Å². The Hall–Kier alpha value is -3.02. The van der Waals surface area contributed by atoms with Crippen molar-refractivity contribution in [3.05, 3.63) is 65.0 Å². The zero-order valence-electron chi connectivity index (χ0n) is 14.5. The number of pyridine rings is 1. The Labute approximate surface area is 151 Å². The number of benzene rings is 1. The molecule has 1 saturated heterocycles. The summed E-state index contributed by atoms with van der Waals surface area (Å²) in [7, 11) is 0. The van der Waals surface area contributed by atoms with Gasteiger partial charge in [-0.2, -0.15) is 0 Å². The number of ketones is 1. The molecule has 1 N–H and O–H groups in total. The van der Waals surface area contributed by atoms with Crippen LogP contribution in [0.25, 0.3) is 0 Å². The molecule has 6 heteroatoms. The molecule has 2 heterocycles. The molecule has 2 aromatic rings. The van der Waals surface area contributed by atoms with Crippen LogP contribution in [0.4, 0.5) is 0 Å². The van der Waals surface area contributed by atoms with Gasteiger partial charge in [0.25, 0.3) is 5.91 Å². The van der Waals surface area contributed by atoms with Gasteiger partial charge in [0.1, 0.15) is 5.69 Å². The minimum Gasteiger partial charge on any atom is -0.478 e. The molecule has 3 rings (SSSR count). The van der Waals surface area contributed by atoms with Crippen LogP contribution < -0.4 is 0 Å². The van der Waals surface area contributed by atoms with Gasteiger partial charge in [0.15, 0.2) is 5.78 Å². The Morgan fingerprint density at radius 2 is 1.62 bits per heavy atom. The Balaban J connectivity index is 1.60. The first-order valence-electron chi connectivity index (χ1n) is 8.55. The number of carboxylic acid groups (broad SMARTS) is 1. The zero-order valence-corrected chi connectivity index (χ0v) is 14.5. The van der Waals surface area contributed by atoms with Crippen LogP contribution in [0.2, 0.25) is 0 Å². The fraction of sp³-hybridized carbons (Fsp3) is 0.300. The van der Waals surface area contributed by atoms with E-state index in [0.717, 1.165) is 5.56 Å². The largest absolute Gasteiger partial charge is 0.478 e. The normalized spacial score (nSPS) is 14.9. The molecule has 1 aliphatic rings. The number of aromatic nitrogens is 1. The fourth-order valence-electron chi connectivity index (χ4n) is 3.11. The van der Waals surface area contributed by atoms with Crippen LogP contribution >= 0.6 is 0 Å². The Morgan fingerprint density at radius 3 is 2.15 bits per heavy atom. The van der Waals surface area contributed by atoms with E-state index in [-0.39, 0.29) is 28.9 Å². The Bertz CT molecular complexity index is 820. The number of piperidine rings is 1. The van der Waals surface area contributed by atoms with Crippen molar-refractivity contribution in [3.63, 3.8) is 0 Å². The fourth-order valence-corrected chi connectivity index (χ4v) is 3.11. The number of Topliss-reactive ketones (excluding diaryl/α,β-unsaturated/α-hetero) is 1. The minimum absolute atomic E-state index is 0.0453. The minimum atomic E-state index is -1.08. The number of carboxylic acids is 1. The summed E-state index contributed by atoms with van der Waals surface area (Å²) in [6.45, 7) is 2.96. The third-order valence-corrected chi connectivity index (χ3v) is 4.72. The van der Waals surface area contributed by atoms with E-state index in [1.165, 1.54) is 18.3 Å². The van der Waals surface area contributed by atoms with Crippen LogP contribution in [0.5, 0.6) is 0 Å². The molecule has 0 saturated carbocycles. The smallest absolute Gasteiger partial charge is 0.337 e. The summed E-state index contributed by atoms with van der Waals surface area (Å²) in [6.07, 6.45) is 2.42. The van der Waals surface area contributed by atoms with E-state index in [1.54, 1.807) is 4.90 Å². The Morgan fingerprint density at radius 1 is 1.00 bits per heavy atom. The number of aryl methyl sites for hydroxylation is 1. The molecule has 26 heavy (non-hydrogen) atoms. The summed E-state index contributed by atoms with van der Waals surface area (Å²) in [5.41, 5.74) is 2.09. The molecular formula is C20H20N2O4. The van der Waals surface area contributed by atoms with E-state index < -0.39 is 5.97 Å². The maximum Gasteiger partial charge on any atom is 0.337 e. The number of likely N-dealkylation sites (tertiary alicyclic amines) is 1. The average Bonchev–Trinajstić information content (AvgIpc) is 2.67. The number of amides is 1. The molecule has 1 aliphatic heterocycles.